The van der Waals surface area contributed by atoms with Gasteiger partial charge in [0.15, 0.2) is 0 Å². The number of methoxy groups -OCH3 is 1. The summed E-state index contributed by atoms with van der Waals surface area (Å²) in [5.41, 5.74) is 3.26. The van der Waals surface area contributed by atoms with Crippen molar-refractivity contribution in [2.24, 2.45) is 0 Å². The minimum Gasteiger partial charge on any atom is -0.494 e. The average Bonchev–Trinajstić information content (AvgIpc) is 3.01. The molecule has 0 amide bonds. The van der Waals surface area contributed by atoms with E-state index in [0.717, 1.165) is 16.6 Å². The summed E-state index contributed by atoms with van der Waals surface area (Å²) in [5.74, 6) is 0.995. The molecule has 124 valence electrons. The molecule has 0 spiro atoms. The van der Waals surface area contributed by atoms with Crippen molar-refractivity contribution in [1.82, 2.24) is 9.55 Å². The van der Waals surface area contributed by atoms with Crippen LogP contribution in [0.2, 0.25) is 0 Å². The minimum atomic E-state index is -0.286. The summed E-state index contributed by atoms with van der Waals surface area (Å²) in [6, 6.07) is 22.6. The molecule has 0 saturated heterocycles. The molecule has 3 aromatic carbocycles. The number of benzene rings is 3. The molecule has 4 heteroatoms. The minimum absolute atomic E-state index is 0.286. The second-order valence-electron chi connectivity index (χ2n) is 5.82. The van der Waals surface area contributed by atoms with Gasteiger partial charge in [0.1, 0.15) is 22.9 Å². The first kappa shape index (κ1) is 15.4. The molecular formula is C21H17FN2O. The smallest absolute Gasteiger partial charge is 0.146 e. The molecule has 1 aromatic heterocycles. The van der Waals surface area contributed by atoms with Crippen LogP contribution < -0.4 is 4.74 Å². The van der Waals surface area contributed by atoms with Gasteiger partial charge in [0.05, 0.1) is 18.2 Å². The summed E-state index contributed by atoms with van der Waals surface area (Å²) >= 11 is 0. The molecule has 0 aliphatic heterocycles. The van der Waals surface area contributed by atoms with Crippen molar-refractivity contribution in [3.8, 4) is 17.1 Å². The molecule has 0 atom stereocenters. The van der Waals surface area contributed by atoms with Crippen LogP contribution in [0.1, 0.15) is 5.56 Å². The fraction of sp³-hybridized carbons (Fsp3) is 0.0952. The Morgan fingerprint density at radius 2 is 1.68 bits per heavy atom. The van der Waals surface area contributed by atoms with Gasteiger partial charge >= 0.3 is 0 Å². The monoisotopic (exact) mass is 332 g/mol. The molecule has 0 fully saturated rings. The average molecular weight is 332 g/mol. The van der Waals surface area contributed by atoms with Crippen LogP contribution in [0.15, 0.2) is 72.8 Å². The zero-order chi connectivity index (χ0) is 17.2. The van der Waals surface area contributed by atoms with Crippen molar-refractivity contribution in [3.63, 3.8) is 0 Å². The molecule has 0 aliphatic rings. The van der Waals surface area contributed by atoms with Crippen LogP contribution in [0.4, 0.5) is 4.39 Å². The lowest BCUT2D eigenvalue weighted by Crippen LogP contribution is -2.03. The number of halogens is 1. The Kier molecular flexibility index (Phi) is 3.94. The summed E-state index contributed by atoms with van der Waals surface area (Å²) < 4.78 is 21.9. The zero-order valence-corrected chi connectivity index (χ0v) is 13.8. The van der Waals surface area contributed by atoms with Crippen molar-refractivity contribution in [2.75, 3.05) is 7.11 Å². The van der Waals surface area contributed by atoms with E-state index in [-0.39, 0.29) is 5.82 Å². The summed E-state index contributed by atoms with van der Waals surface area (Å²) in [5, 5.41) is 0. The number of fused-ring (bicyclic) bond motifs is 1. The highest BCUT2D eigenvalue weighted by Gasteiger charge is 2.18. The maximum absolute atomic E-state index is 14.4. The van der Waals surface area contributed by atoms with Crippen molar-refractivity contribution < 1.29 is 9.13 Å². The van der Waals surface area contributed by atoms with Gasteiger partial charge in [-0.05, 0) is 29.8 Å². The van der Waals surface area contributed by atoms with Crippen LogP contribution in [-0.4, -0.2) is 16.7 Å². The molecule has 0 unspecified atom stereocenters. The Balaban J connectivity index is 1.97. The topological polar surface area (TPSA) is 27.1 Å². The predicted molar refractivity (Wildman–Crippen MR) is 97.2 cm³/mol. The number of hydrogen-bond acceptors (Lipinski definition) is 2. The Bertz CT molecular complexity index is 1020. The van der Waals surface area contributed by atoms with Gasteiger partial charge in [-0.1, -0.05) is 48.5 Å². The molecular weight excluding hydrogens is 315 g/mol. The number of rotatable bonds is 4. The van der Waals surface area contributed by atoms with E-state index in [1.165, 1.54) is 6.07 Å². The maximum atomic E-state index is 14.4. The quantitative estimate of drug-likeness (QED) is 0.531. The lowest BCUT2D eigenvalue weighted by atomic mass is 10.2. The molecule has 4 aromatic rings. The fourth-order valence-corrected chi connectivity index (χ4v) is 3.06. The van der Waals surface area contributed by atoms with Crippen LogP contribution in [0, 0.1) is 5.82 Å². The fourth-order valence-electron chi connectivity index (χ4n) is 3.06. The first-order valence-corrected chi connectivity index (χ1v) is 8.10. The Morgan fingerprint density at radius 1 is 0.920 bits per heavy atom. The lowest BCUT2D eigenvalue weighted by molar-refractivity contribution is 0.419. The molecule has 25 heavy (non-hydrogen) atoms. The van der Waals surface area contributed by atoms with E-state index in [0.29, 0.717) is 23.7 Å². The van der Waals surface area contributed by atoms with Gasteiger partial charge in [-0.2, -0.15) is 0 Å². The lowest BCUT2D eigenvalue weighted by Gasteiger charge is -2.10. The standard InChI is InChI=1S/C21H17FN2O/c1-25-19-13-7-12-18-20(19)23-21(16-10-5-6-11-17(16)22)24(18)14-15-8-3-2-4-9-15/h2-13H,14H2,1H3. The number of para-hydroxylation sites is 1. The maximum Gasteiger partial charge on any atom is 0.146 e. The van der Waals surface area contributed by atoms with E-state index in [4.69, 9.17) is 9.72 Å². The number of aromatic nitrogens is 2. The van der Waals surface area contributed by atoms with Gasteiger partial charge < -0.3 is 9.30 Å². The van der Waals surface area contributed by atoms with Crippen molar-refractivity contribution in [1.29, 1.82) is 0 Å². The molecule has 0 saturated carbocycles. The summed E-state index contributed by atoms with van der Waals surface area (Å²) in [7, 11) is 1.62. The summed E-state index contributed by atoms with van der Waals surface area (Å²) in [6.45, 7) is 0.605. The normalized spacial score (nSPS) is 11.0. The predicted octanol–water partition coefficient (Wildman–Crippen LogP) is 4.90. The van der Waals surface area contributed by atoms with Crippen LogP contribution in [0.25, 0.3) is 22.4 Å². The third-order valence-corrected chi connectivity index (χ3v) is 4.26. The number of hydrogen-bond donors (Lipinski definition) is 0. The largest absolute Gasteiger partial charge is 0.494 e. The van der Waals surface area contributed by atoms with E-state index in [1.807, 2.05) is 47.0 Å². The molecule has 4 rings (SSSR count). The highest BCUT2D eigenvalue weighted by atomic mass is 19.1. The molecule has 0 radical (unpaired) electrons. The van der Waals surface area contributed by atoms with Crippen LogP contribution in [0.3, 0.4) is 0 Å². The van der Waals surface area contributed by atoms with E-state index >= 15 is 0 Å². The van der Waals surface area contributed by atoms with Crippen LogP contribution in [-0.2, 0) is 6.54 Å². The van der Waals surface area contributed by atoms with Gasteiger partial charge in [0.2, 0.25) is 0 Å². The Labute approximate surface area is 145 Å². The number of ether oxygens (including phenoxy) is 1. The molecule has 0 N–H and O–H groups in total. The third-order valence-electron chi connectivity index (χ3n) is 4.26. The molecule has 1 heterocycles. The van der Waals surface area contributed by atoms with Crippen molar-refractivity contribution in [3.05, 3.63) is 84.2 Å². The molecule has 3 nitrogen and oxygen atoms in total. The summed E-state index contributed by atoms with van der Waals surface area (Å²) in [4.78, 5) is 4.71. The van der Waals surface area contributed by atoms with Gasteiger partial charge in [-0.3, -0.25) is 0 Å². The van der Waals surface area contributed by atoms with Crippen LogP contribution in [0.5, 0.6) is 5.75 Å². The highest BCUT2D eigenvalue weighted by molar-refractivity contribution is 5.86. The van der Waals surface area contributed by atoms with E-state index in [9.17, 15) is 4.39 Å². The third kappa shape index (κ3) is 2.76. The van der Waals surface area contributed by atoms with Gasteiger partial charge in [0, 0.05) is 6.54 Å². The Hall–Kier alpha value is -3.14. The number of nitrogens with zero attached hydrogens (tertiary/aromatic N) is 2. The van der Waals surface area contributed by atoms with E-state index in [1.54, 1.807) is 19.2 Å². The SMILES string of the molecule is COc1cccc2c1nc(-c1ccccc1F)n2Cc1ccccc1. The van der Waals surface area contributed by atoms with Gasteiger partial charge in [-0.15, -0.1) is 0 Å². The first-order chi connectivity index (χ1) is 12.3. The second-order valence-corrected chi connectivity index (χ2v) is 5.82. The summed E-state index contributed by atoms with van der Waals surface area (Å²) in [6.07, 6.45) is 0. The Morgan fingerprint density at radius 3 is 2.44 bits per heavy atom. The molecule has 0 bridgehead atoms. The van der Waals surface area contributed by atoms with E-state index in [2.05, 4.69) is 12.1 Å². The van der Waals surface area contributed by atoms with Crippen molar-refractivity contribution >= 4 is 11.0 Å². The van der Waals surface area contributed by atoms with Crippen LogP contribution >= 0.6 is 0 Å². The second kappa shape index (κ2) is 6.40. The first-order valence-electron chi connectivity index (χ1n) is 8.10. The highest BCUT2D eigenvalue weighted by Crippen LogP contribution is 2.32. The zero-order valence-electron chi connectivity index (χ0n) is 13.8. The van der Waals surface area contributed by atoms with E-state index < -0.39 is 0 Å². The molecule has 0 aliphatic carbocycles. The van der Waals surface area contributed by atoms with Crippen molar-refractivity contribution in [2.45, 2.75) is 6.54 Å². The van der Waals surface area contributed by atoms with Gasteiger partial charge in [0.25, 0.3) is 0 Å². The van der Waals surface area contributed by atoms with Gasteiger partial charge in [-0.25, -0.2) is 9.37 Å². The number of imidazole rings is 1.